The first-order valence-electron chi connectivity index (χ1n) is 11.2. The Labute approximate surface area is 208 Å². The van der Waals surface area contributed by atoms with Gasteiger partial charge in [0.2, 0.25) is 5.91 Å². The van der Waals surface area contributed by atoms with Crippen molar-refractivity contribution < 1.29 is 24.6 Å². The van der Waals surface area contributed by atoms with Gasteiger partial charge >= 0.3 is 11.9 Å². The topological polar surface area (TPSA) is 116 Å². The number of carboxylic acids is 2. The summed E-state index contributed by atoms with van der Waals surface area (Å²) in [5, 5.41) is 22.1. The number of carbonyl (C=O) groups is 3. The number of halogens is 1. The van der Waals surface area contributed by atoms with Crippen LogP contribution < -0.4 is 10.6 Å². The minimum absolute atomic E-state index is 0.0841. The van der Waals surface area contributed by atoms with Gasteiger partial charge in [0.05, 0.1) is 0 Å². The highest BCUT2D eigenvalue weighted by molar-refractivity contribution is 6.31. The number of aryl methyl sites for hydroxylation is 2. The highest BCUT2D eigenvalue weighted by atomic mass is 35.5. The van der Waals surface area contributed by atoms with E-state index in [0.717, 1.165) is 30.4 Å². The molecule has 8 heteroatoms. The Morgan fingerprint density at radius 2 is 1.60 bits per heavy atom. The molecule has 0 spiro atoms. The van der Waals surface area contributed by atoms with E-state index in [1.165, 1.54) is 11.1 Å². The summed E-state index contributed by atoms with van der Waals surface area (Å²) < 4.78 is 0. The summed E-state index contributed by atoms with van der Waals surface area (Å²) in [6, 6.07) is 23.7. The summed E-state index contributed by atoms with van der Waals surface area (Å²) in [6.07, 6.45) is 3.23. The maximum Gasteiger partial charge on any atom is 0.414 e. The van der Waals surface area contributed by atoms with Crippen molar-refractivity contribution >= 4 is 35.1 Å². The molecule has 0 heterocycles. The van der Waals surface area contributed by atoms with Crippen LogP contribution in [0.25, 0.3) is 0 Å². The van der Waals surface area contributed by atoms with Crippen molar-refractivity contribution in [1.29, 1.82) is 0 Å². The molecule has 1 aliphatic rings. The van der Waals surface area contributed by atoms with Crippen LogP contribution in [0.2, 0.25) is 5.02 Å². The lowest BCUT2D eigenvalue weighted by molar-refractivity contribution is -0.159. The number of amides is 1. The summed E-state index contributed by atoms with van der Waals surface area (Å²) in [7, 11) is 0. The molecule has 3 aromatic carbocycles. The molecular weight excluding hydrogens is 468 g/mol. The van der Waals surface area contributed by atoms with Gasteiger partial charge in [-0.3, -0.25) is 10.1 Å². The van der Waals surface area contributed by atoms with E-state index in [2.05, 4.69) is 34.9 Å². The van der Waals surface area contributed by atoms with Crippen LogP contribution in [-0.2, 0) is 20.8 Å². The van der Waals surface area contributed by atoms with Crippen LogP contribution in [0.4, 0.5) is 5.69 Å². The second-order valence-electron chi connectivity index (χ2n) is 8.22. The van der Waals surface area contributed by atoms with Crippen LogP contribution in [0.3, 0.4) is 0 Å². The SMILES string of the molecule is Cc1ccc(NC(=O)C(NC2CCCc3ccccc32)c2ccccc2)cc1Cl.O=C(O)C(=O)O. The molecule has 0 saturated heterocycles. The van der Waals surface area contributed by atoms with Crippen LogP contribution >= 0.6 is 11.6 Å². The monoisotopic (exact) mass is 494 g/mol. The Balaban J connectivity index is 0.000000509. The van der Waals surface area contributed by atoms with Gasteiger partial charge in [-0.25, -0.2) is 9.59 Å². The quantitative estimate of drug-likeness (QED) is 0.364. The molecule has 4 rings (SSSR count). The molecule has 1 amide bonds. The minimum atomic E-state index is -1.82. The standard InChI is InChI=1S/C25H25ClN2O.C2H2O4/c1-17-14-15-20(16-22(17)26)27-25(29)24(19-9-3-2-4-10-19)28-23-13-7-11-18-8-5-6-12-21(18)23;3-1(4)2(5)6/h2-6,8-10,12,14-16,23-24,28H,7,11,13H2,1H3,(H,27,29);(H,3,4)(H,5,6). The Morgan fingerprint density at radius 1 is 0.943 bits per heavy atom. The van der Waals surface area contributed by atoms with Gasteiger partial charge in [0.15, 0.2) is 0 Å². The number of benzene rings is 3. The average Bonchev–Trinajstić information content (AvgIpc) is 2.85. The molecule has 7 nitrogen and oxygen atoms in total. The number of anilines is 1. The molecule has 0 saturated carbocycles. The van der Waals surface area contributed by atoms with Gasteiger partial charge in [0.1, 0.15) is 6.04 Å². The van der Waals surface area contributed by atoms with Crippen LogP contribution in [0, 0.1) is 6.92 Å². The van der Waals surface area contributed by atoms with E-state index in [9.17, 15) is 4.79 Å². The predicted octanol–water partition coefficient (Wildman–Crippen LogP) is 5.15. The van der Waals surface area contributed by atoms with Crippen molar-refractivity contribution in [2.75, 3.05) is 5.32 Å². The van der Waals surface area contributed by atoms with E-state index >= 15 is 0 Å². The van der Waals surface area contributed by atoms with Gasteiger partial charge in [-0.2, -0.15) is 0 Å². The van der Waals surface area contributed by atoms with Gasteiger partial charge in [-0.15, -0.1) is 0 Å². The van der Waals surface area contributed by atoms with Crippen molar-refractivity contribution in [3.05, 3.63) is 100 Å². The summed E-state index contributed by atoms with van der Waals surface area (Å²) >= 11 is 6.24. The van der Waals surface area contributed by atoms with Gasteiger partial charge in [-0.1, -0.05) is 72.3 Å². The lowest BCUT2D eigenvalue weighted by Crippen LogP contribution is -2.36. The number of carboxylic acid groups (broad SMARTS) is 2. The third kappa shape index (κ3) is 7.15. The van der Waals surface area contributed by atoms with E-state index in [1.54, 1.807) is 6.07 Å². The lowest BCUT2D eigenvalue weighted by atomic mass is 9.87. The highest BCUT2D eigenvalue weighted by Crippen LogP contribution is 2.32. The molecule has 182 valence electrons. The van der Waals surface area contributed by atoms with E-state index in [4.69, 9.17) is 31.4 Å². The minimum Gasteiger partial charge on any atom is -0.473 e. The van der Waals surface area contributed by atoms with E-state index in [1.807, 2.05) is 49.4 Å². The van der Waals surface area contributed by atoms with Crippen molar-refractivity contribution in [2.45, 2.75) is 38.3 Å². The summed E-state index contributed by atoms with van der Waals surface area (Å²) in [5.74, 6) is -3.73. The molecule has 35 heavy (non-hydrogen) atoms. The first-order chi connectivity index (χ1) is 16.8. The fraction of sp³-hybridized carbons (Fsp3) is 0.222. The normalized spacial score (nSPS) is 15.1. The Hall–Kier alpha value is -3.68. The second kappa shape index (κ2) is 12.1. The van der Waals surface area contributed by atoms with E-state index in [0.29, 0.717) is 10.7 Å². The Bertz CT molecular complexity index is 1190. The van der Waals surface area contributed by atoms with E-state index in [-0.39, 0.29) is 11.9 Å². The number of hydrogen-bond acceptors (Lipinski definition) is 4. The van der Waals surface area contributed by atoms with Gasteiger partial charge in [-0.05, 0) is 60.6 Å². The van der Waals surface area contributed by atoms with Crippen LogP contribution in [0.5, 0.6) is 0 Å². The molecule has 0 bridgehead atoms. The number of hydrogen-bond donors (Lipinski definition) is 4. The Morgan fingerprint density at radius 3 is 2.26 bits per heavy atom. The second-order valence-corrected chi connectivity index (χ2v) is 8.62. The molecule has 1 aliphatic carbocycles. The van der Waals surface area contributed by atoms with Crippen LogP contribution in [-0.4, -0.2) is 28.1 Å². The Kier molecular flexibility index (Phi) is 9.00. The summed E-state index contributed by atoms with van der Waals surface area (Å²) in [6.45, 7) is 1.95. The van der Waals surface area contributed by atoms with Gasteiger partial charge in [0, 0.05) is 16.8 Å². The third-order valence-corrected chi connectivity index (χ3v) is 6.16. The summed E-state index contributed by atoms with van der Waals surface area (Å²) in [4.78, 5) is 31.5. The van der Waals surface area contributed by atoms with Crippen LogP contribution in [0.15, 0.2) is 72.8 Å². The van der Waals surface area contributed by atoms with Gasteiger partial charge < -0.3 is 15.5 Å². The van der Waals surface area contributed by atoms with Crippen molar-refractivity contribution in [2.24, 2.45) is 0 Å². The predicted molar refractivity (Wildman–Crippen MR) is 135 cm³/mol. The van der Waals surface area contributed by atoms with Crippen LogP contribution in [0.1, 0.15) is 47.2 Å². The molecule has 2 unspecified atom stereocenters. The molecule has 4 N–H and O–H groups in total. The summed E-state index contributed by atoms with van der Waals surface area (Å²) in [5.41, 5.74) is 5.31. The third-order valence-electron chi connectivity index (χ3n) is 5.75. The first-order valence-corrected chi connectivity index (χ1v) is 11.6. The zero-order valence-electron chi connectivity index (χ0n) is 19.2. The molecule has 3 aromatic rings. The number of fused-ring (bicyclic) bond motifs is 1. The zero-order valence-corrected chi connectivity index (χ0v) is 20.0. The molecule has 0 radical (unpaired) electrons. The maximum absolute atomic E-state index is 13.3. The highest BCUT2D eigenvalue weighted by Gasteiger charge is 2.27. The molecule has 2 atom stereocenters. The van der Waals surface area contributed by atoms with Crippen molar-refractivity contribution in [3.63, 3.8) is 0 Å². The van der Waals surface area contributed by atoms with E-state index < -0.39 is 18.0 Å². The first kappa shape index (κ1) is 25.9. The number of nitrogens with one attached hydrogen (secondary N) is 2. The smallest absolute Gasteiger partial charge is 0.414 e. The lowest BCUT2D eigenvalue weighted by Gasteiger charge is -2.30. The average molecular weight is 495 g/mol. The van der Waals surface area contributed by atoms with Gasteiger partial charge in [0.25, 0.3) is 0 Å². The zero-order chi connectivity index (χ0) is 25.4. The molecule has 0 fully saturated rings. The van der Waals surface area contributed by atoms with Crippen molar-refractivity contribution in [3.8, 4) is 0 Å². The fourth-order valence-corrected chi connectivity index (χ4v) is 4.16. The maximum atomic E-state index is 13.3. The number of carbonyl (C=O) groups excluding carboxylic acids is 1. The number of rotatable bonds is 5. The number of aliphatic carboxylic acids is 2. The fourth-order valence-electron chi connectivity index (χ4n) is 3.98. The molecular formula is C27H27ClN2O5. The molecule has 0 aliphatic heterocycles. The molecule has 0 aromatic heterocycles. The van der Waals surface area contributed by atoms with Crippen molar-refractivity contribution in [1.82, 2.24) is 5.32 Å². The largest absolute Gasteiger partial charge is 0.473 e.